The topological polar surface area (TPSA) is 87.7 Å². The highest BCUT2D eigenvalue weighted by Crippen LogP contribution is 2.48. The number of carboxylic acids is 1. The van der Waals surface area contributed by atoms with Gasteiger partial charge in [-0.3, -0.25) is 4.79 Å². The zero-order valence-corrected chi connectivity index (χ0v) is 11.7. The average Bonchev–Trinajstić information content (AvgIpc) is 3.12. The van der Waals surface area contributed by atoms with Gasteiger partial charge in [-0.2, -0.15) is 0 Å². The van der Waals surface area contributed by atoms with E-state index in [1.54, 1.807) is 0 Å². The van der Waals surface area contributed by atoms with Crippen LogP contribution < -0.4 is 10.6 Å². The lowest BCUT2D eigenvalue weighted by atomic mass is 10.0. The number of nitrogens with one attached hydrogen (secondary N) is 2. The molecule has 6 nitrogen and oxygen atoms in total. The molecule has 6 heteroatoms. The Hall–Kier alpha value is -1.30. The van der Waals surface area contributed by atoms with Gasteiger partial charge in [0.15, 0.2) is 0 Å². The molecule has 1 rings (SSSR count). The van der Waals surface area contributed by atoms with Crippen molar-refractivity contribution in [1.82, 2.24) is 10.6 Å². The molecule has 0 spiro atoms. The molecule has 1 fully saturated rings. The molecule has 19 heavy (non-hydrogen) atoms. The van der Waals surface area contributed by atoms with Crippen LogP contribution in [0.25, 0.3) is 0 Å². The van der Waals surface area contributed by atoms with E-state index in [4.69, 9.17) is 9.84 Å². The number of carbonyl (C=O) groups excluding carboxylic acids is 1. The molecule has 3 N–H and O–H groups in total. The van der Waals surface area contributed by atoms with Crippen molar-refractivity contribution in [3.8, 4) is 0 Å². The Labute approximate surface area is 113 Å². The lowest BCUT2D eigenvalue weighted by Crippen LogP contribution is -2.42. The van der Waals surface area contributed by atoms with E-state index in [1.807, 2.05) is 0 Å². The quantitative estimate of drug-likeness (QED) is 0.591. The molecule has 110 valence electrons. The van der Waals surface area contributed by atoms with E-state index < -0.39 is 12.1 Å². The number of aliphatic carboxylic acids is 1. The fraction of sp³-hybridized carbons (Fsp3) is 0.846. The average molecular weight is 272 g/mol. The van der Waals surface area contributed by atoms with E-state index in [2.05, 4.69) is 17.6 Å². The molecule has 0 bridgehead atoms. The normalized spacial score (nSPS) is 17.6. The molecular weight excluding hydrogens is 248 g/mol. The van der Waals surface area contributed by atoms with Crippen LogP contribution in [-0.4, -0.2) is 43.4 Å². The van der Waals surface area contributed by atoms with Crippen LogP contribution in [0.2, 0.25) is 0 Å². The number of hydrogen-bond donors (Lipinski definition) is 3. The molecule has 0 aromatic rings. The third kappa shape index (κ3) is 5.92. The summed E-state index contributed by atoms with van der Waals surface area (Å²) in [7, 11) is 1.44. The number of carboxylic acid groups (broad SMARTS) is 1. The highest BCUT2D eigenvalue weighted by Gasteiger charge is 2.41. The summed E-state index contributed by atoms with van der Waals surface area (Å²) in [6.45, 7) is 3.05. The Morgan fingerprint density at radius 1 is 1.37 bits per heavy atom. The van der Waals surface area contributed by atoms with Crippen molar-refractivity contribution in [1.29, 1.82) is 0 Å². The van der Waals surface area contributed by atoms with Gasteiger partial charge in [-0.15, -0.1) is 0 Å². The third-order valence-electron chi connectivity index (χ3n) is 3.59. The Kier molecular flexibility index (Phi) is 6.08. The van der Waals surface area contributed by atoms with Crippen LogP contribution in [0.4, 0.5) is 4.79 Å². The number of ether oxygens (including phenoxy) is 1. The maximum absolute atomic E-state index is 11.6. The van der Waals surface area contributed by atoms with Crippen LogP contribution in [0.5, 0.6) is 0 Å². The summed E-state index contributed by atoms with van der Waals surface area (Å²) in [5, 5.41) is 14.1. The number of hydrogen-bond acceptors (Lipinski definition) is 3. The summed E-state index contributed by atoms with van der Waals surface area (Å²) in [4.78, 5) is 22.1. The molecule has 2 amide bonds. The number of methoxy groups -OCH3 is 1. The minimum Gasteiger partial charge on any atom is -0.481 e. The Balaban J connectivity index is 2.18. The van der Waals surface area contributed by atoms with Gasteiger partial charge in [0.05, 0.1) is 12.5 Å². The van der Waals surface area contributed by atoms with E-state index in [9.17, 15) is 9.59 Å². The second-order valence-corrected chi connectivity index (χ2v) is 5.27. The number of rotatable bonds is 9. The zero-order chi connectivity index (χ0) is 14.3. The first-order chi connectivity index (χ1) is 9.01. The van der Waals surface area contributed by atoms with Crippen LogP contribution in [-0.2, 0) is 9.53 Å². The summed E-state index contributed by atoms with van der Waals surface area (Å²) in [6, 6.07) is -0.255. The summed E-state index contributed by atoms with van der Waals surface area (Å²) in [6.07, 6.45) is 4.03. The van der Waals surface area contributed by atoms with E-state index in [-0.39, 0.29) is 19.0 Å². The summed E-state index contributed by atoms with van der Waals surface area (Å²) in [5.74, 6) is -0.936. The van der Waals surface area contributed by atoms with Gasteiger partial charge in [0.2, 0.25) is 0 Å². The number of carbonyl (C=O) groups is 2. The highest BCUT2D eigenvalue weighted by atomic mass is 16.5. The largest absolute Gasteiger partial charge is 0.481 e. The van der Waals surface area contributed by atoms with E-state index in [1.165, 1.54) is 20.0 Å². The predicted molar refractivity (Wildman–Crippen MR) is 71.0 cm³/mol. The van der Waals surface area contributed by atoms with Crippen molar-refractivity contribution in [2.24, 2.45) is 5.41 Å². The van der Waals surface area contributed by atoms with Gasteiger partial charge in [0.25, 0.3) is 0 Å². The molecule has 1 atom stereocenters. The molecule has 0 radical (unpaired) electrons. The summed E-state index contributed by atoms with van der Waals surface area (Å²) in [5.41, 5.74) is 0.313. The van der Waals surface area contributed by atoms with Gasteiger partial charge in [0.1, 0.15) is 0 Å². The minimum absolute atomic E-state index is 0.115. The third-order valence-corrected chi connectivity index (χ3v) is 3.59. The standard InChI is InChI=1S/C13H24N2O4/c1-3-4-13(5-6-13)9-15-12(18)14-8-10(19-2)7-11(16)17/h10H,3-9H2,1-2H3,(H,16,17)(H2,14,15,18). The SMILES string of the molecule is CCCC1(CNC(=O)NCC(CC(=O)O)OC)CC1. The monoisotopic (exact) mass is 272 g/mol. The molecule has 1 aliphatic carbocycles. The van der Waals surface area contributed by atoms with Gasteiger partial charge in [-0.1, -0.05) is 13.3 Å². The van der Waals surface area contributed by atoms with E-state index >= 15 is 0 Å². The van der Waals surface area contributed by atoms with Crippen LogP contribution in [0, 0.1) is 5.41 Å². The van der Waals surface area contributed by atoms with E-state index in [0.29, 0.717) is 12.0 Å². The number of amides is 2. The first kappa shape index (κ1) is 15.8. The van der Waals surface area contributed by atoms with Crippen LogP contribution in [0.3, 0.4) is 0 Å². The Bertz CT molecular complexity index is 316. The molecule has 0 saturated heterocycles. The van der Waals surface area contributed by atoms with Crippen molar-refractivity contribution in [2.75, 3.05) is 20.2 Å². The van der Waals surface area contributed by atoms with Crippen molar-refractivity contribution in [3.63, 3.8) is 0 Å². The molecule has 0 aliphatic heterocycles. The lowest BCUT2D eigenvalue weighted by molar-refractivity contribution is -0.139. The molecular formula is C13H24N2O4. The van der Waals surface area contributed by atoms with Gasteiger partial charge in [0, 0.05) is 20.2 Å². The van der Waals surface area contributed by atoms with Crippen LogP contribution >= 0.6 is 0 Å². The van der Waals surface area contributed by atoms with Crippen molar-refractivity contribution in [3.05, 3.63) is 0 Å². The number of urea groups is 1. The first-order valence-corrected chi connectivity index (χ1v) is 6.77. The van der Waals surface area contributed by atoms with Crippen LogP contribution in [0.15, 0.2) is 0 Å². The highest BCUT2D eigenvalue weighted by molar-refractivity contribution is 5.74. The minimum atomic E-state index is -0.936. The van der Waals surface area contributed by atoms with Crippen molar-refractivity contribution >= 4 is 12.0 Å². The zero-order valence-electron chi connectivity index (χ0n) is 11.7. The van der Waals surface area contributed by atoms with Crippen LogP contribution in [0.1, 0.15) is 39.0 Å². The second kappa shape index (κ2) is 7.33. The van der Waals surface area contributed by atoms with Gasteiger partial charge in [-0.25, -0.2) is 4.79 Å². The molecule has 1 aliphatic rings. The van der Waals surface area contributed by atoms with Gasteiger partial charge in [-0.05, 0) is 24.7 Å². The van der Waals surface area contributed by atoms with Crippen molar-refractivity contribution < 1.29 is 19.4 Å². The fourth-order valence-electron chi connectivity index (χ4n) is 2.19. The Morgan fingerprint density at radius 3 is 2.53 bits per heavy atom. The molecule has 0 heterocycles. The molecule has 1 unspecified atom stereocenters. The maximum atomic E-state index is 11.6. The van der Waals surface area contributed by atoms with Gasteiger partial charge >= 0.3 is 12.0 Å². The Morgan fingerprint density at radius 2 is 2.05 bits per heavy atom. The smallest absolute Gasteiger partial charge is 0.314 e. The first-order valence-electron chi connectivity index (χ1n) is 6.77. The predicted octanol–water partition coefficient (Wildman–Crippen LogP) is 1.36. The fourth-order valence-corrected chi connectivity index (χ4v) is 2.19. The summed E-state index contributed by atoms with van der Waals surface area (Å²) >= 11 is 0. The second-order valence-electron chi connectivity index (χ2n) is 5.27. The van der Waals surface area contributed by atoms with Crippen molar-refractivity contribution in [2.45, 2.75) is 45.1 Å². The summed E-state index contributed by atoms with van der Waals surface area (Å²) < 4.78 is 4.98. The molecule has 0 aromatic heterocycles. The maximum Gasteiger partial charge on any atom is 0.314 e. The molecule has 1 saturated carbocycles. The van der Waals surface area contributed by atoms with E-state index in [0.717, 1.165) is 12.8 Å². The lowest BCUT2D eigenvalue weighted by Gasteiger charge is -2.17. The molecule has 0 aromatic carbocycles. The van der Waals surface area contributed by atoms with Gasteiger partial charge < -0.3 is 20.5 Å².